The molecule has 0 saturated heterocycles. The summed E-state index contributed by atoms with van der Waals surface area (Å²) in [5.41, 5.74) is 0. The topological polar surface area (TPSA) is 56.8 Å². The highest BCUT2D eigenvalue weighted by molar-refractivity contribution is 9.09. The molecule has 0 atom stereocenters. The largest absolute Gasteiger partial charge is 0.377 e. The van der Waals surface area contributed by atoms with Crippen LogP contribution in [0.4, 0.5) is 0 Å². The molecule has 5 nitrogen and oxygen atoms in total. The van der Waals surface area contributed by atoms with Gasteiger partial charge >= 0.3 is 0 Å². The highest BCUT2D eigenvalue weighted by atomic mass is 79.9. The molecule has 0 radical (unpaired) electrons. The van der Waals surface area contributed by atoms with E-state index in [1.165, 1.54) is 0 Å². The molecule has 0 saturated carbocycles. The standard InChI is InChI=1S/C11H18BrNO4/c1-2-4-15-6-8-17-9-7-16-5-3-13-11(14)10-12/h1H,3-10H2,(H,13,14). The van der Waals surface area contributed by atoms with Crippen LogP contribution >= 0.6 is 15.9 Å². The lowest BCUT2D eigenvalue weighted by molar-refractivity contribution is -0.118. The number of nitrogens with one attached hydrogen (secondary N) is 1. The summed E-state index contributed by atoms with van der Waals surface area (Å²) in [6.07, 6.45) is 5.00. The summed E-state index contributed by atoms with van der Waals surface area (Å²) in [7, 11) is 0. The SMILES string of the molecule is C#CCOCCOCCOCCNC(=O)CBr. The van der Waals surface area contributed by atoms with Gasteiger partial charge in [0, 0.05) is 6.54 Å². The van der Waals surface area contributed by atoms with Gasteiger partial charge in [0.15, 0.2) is 0 Å². The molecule has 1 N–H and O–H groups in total. The molecule has 0 unspecified atom stereocenters. The van der Waals surface area contributed by atoms with Crippen molar-refractivity contribution in [3.8, 4) is 12.3 Å². The zero-order chi connectivity index (χ0) is 12.8. The Kier molecular flexibility index (Phi) is 13.0. The van der Waals surface area contributed by atoms with Crippen molar-refractivity contribution >= 4 is 21.8 Å². The van der Waals surface area contributed by atoms with E-state index in [0.717, 1.165) is 0 Å². The third-order valence-corrected chi connectivity index (χ3v) is 2.13. The molecule has 0 aromatic carbocycles. The molecule has 0 bridgehead atoms. The maximum Gasteiger partial charge on any atom is 0.230 e. The molecule has 0 aliphatic carbocycles. The van der Waals surface area contributed by atoms with E-state index >= 15 is 0 Å². The van der Waals surface area contributed by atoms with E-state index in [1.807, 2.05) is 0 Å². The Balaban J connectivity index is 2.99. The van der Waals surface area contributed by atoms with E-state index in [0.29, 0.717) is 51.5 Å². The van der Waals surface area contributed by atoms with Crippen LogP contribution in [0.2, 0.25) is 0 Å². The number of carbonyl (C=O) groups is 1. The fourth-order valence-electron chi connectivity index (χ4n) is 0.881. The summed E-state index contributed by atoms with van der Waals surface area (Å²) in [6, 6.07) is 0. The number of hydrogen-bond donors (Lipinski definition) is 1. The number of terminal acetylenes is 1. The second-order valence-electron chi connectivity index (χ2n) is 2.97. The molecule has 0 aliphatic heterocycles. The van der Waals surface area contributed by atoms with E-state index in [-0.39, 0.29) is 5.91 Å². The molecule has 0 aromatic heterocycles. The average Bonchev–Trinajstić information content (AvgIpc) is 2.35. The molecule has 17 heavy (non-hydrogen) atoms. The van der Waals surface area contributed by atoms with Crippen LogP contribution in [0.15, 0.2) is 0 Å². The van der Waals surface area contributed by atoms with Gasteiger partial charge in [0.05, 0.1) is 38.4 Å². The minimum absolute atomic E-state index is 0.0458. The second-order valence-corrected chi connectivity index (χ2v) is 3.53. The minimum Gasteiger partial charge on any atom is -0.377 e. The second kappa shape index (κ2) is 13.5. The fraction of sp³-hybridized carbons (Fsp3) is 0.727. The maximum atomic E-state index is 10.8. The van der Waals surface area contributed by atoms with Crippen LogP contribution in [0.1, 0.15) is 0 Å². The summed E-state index contributed by atoms with van der Waals surface area (Å²) in [5.74, 6) is 2.32. The van der Waals surface area contributed by atoms with Crippen molar-refractivity contribution in [3.05, 3.63) is 0 Å². The molecule has 0 rings (SSSR count). The molecule has 0 heterocycles. The van der Waals surface area contributed by atoms with Crippen molar-refractivity contribution in [2.45, 2.75) is 0 Å². The molecule has 0 aromatic rings. The first-order valence-electron chi connectivity index (χ1n) is 5.30. The van der Waals surface area contributed by atoms with E-state index in [2.05, 4.69) is 27.2 Å². The first-order valence-corrected chi connectivity index (χ1v) is 6.42. The number of halogens is 1. The minimum atomic E-state index is -0.0458. The van der Waals surface area contributed by atoms with Gasteiger partial charge in [0.1, 0.15) is 6.61 Å². The van der Waals surface area contributed by atoms with Crippen LogP contribution in [0.25, 0.3) is 0 Å². The molecule has 0 aliphatic rings. The van der Waals surface area contributed by atoms with Gasteiger partial charge in [-0.25, -0.2) is 0 Å². The maximum absolute atomic E-state index is 10.8. The summed E-state index contributed by atoms with van der Waals surface area (Å²) in [6.45, 7) is 3.31. The highest BCUT2D eigenvalue weighted by Crippen LogP contribution is 1.81. The van der Waals surface area contributed by atoms with Gasteiger partial charge in [-0.3, -0.25) is 4.79 Å². The van der Waals surface area contributed by atoms with Crippen molar-refractivity contribution in [1.82, 2.24) is 5.32 Å². The third-order valence-electron chi connectivity index (χ3n) is 1.62. The number of rotatable bonds is 11. The number of carbonyl (C=O) groups excluding carboxylic acids is 1. The van der Waals surface area contributed by atoms with Gasteiger partial charge in [-0.1, -0.05) is 21.9 Å². The Morgan fingerprint density at radius 2 is 1.71 bits per heavy atom. The lowest BCUT2D eigenvalue weighted by Crippen LogP contribution is -2.28. The van der Waals surface area contributed by atoms with Crippen LogP contribution in [-0.4, -0.2) is 57.4 Å². The van der Waals surface area contributed by atoms with Crippen molar-refractivity contribution in [3.63, 3.8) is 0 Å². The number of alkyl halides is 1. The zero-order valence-corrected chi connectivity index (χ0v) is 11.3. The van der Waals surface area contributed by atoms with Gasteiger partial charge < -0.3 is 19.5 Å². The average molecular weight is 308 g/mol. The van der Waals surface area contributed by atoms with Crippen LogP contribution in [0.5, 0.6) is 0 Å². The zero-order valence-electron chi connectivity index (χ0n) is 9.75. The molecule has 1 amide bonds. The van der Waals surface area contributed by atoms with E-state index in [4.69, 9.17) is 20.6 Å². The molecule has 6 heteroatoms. The Hall–Kier alpha value is -0.610. The van der Waals surface area contributed by atoms with Gasteiger partial charge in [-0.15, -0.1) is 6.42 Å². The van der Waals surface area contributed by atoms with Crippen LogP contribution in [0, 0.1) is 12.3 Å². The van der Waals surface area contributed by atoms with Crippen molar-refractivity contribution in [1.29, 1.82) is 0 Å². The van der Waals surface area contributed by atoms with Gasteiger partial charge in [0.25, 0.3) is 0 Å². The third kappa shape index (κ3) is 13.3. The predicted octanol–water partition coefficient (Wildman–Crippen LogP) is 0.180. The number of amides is 1. The van der Waals surface area contributed by atoms with Crippen molar-refractivity contribution in [2.75, 3.05) is 51.5 Å². The lowest BCUT2D eigenvalue weighted by Gasteiger charge is -2.06. The van der Waals surface area contributed by atoms with Gasteiger partial charge in [0.2, 0.25) is 5.91 Å². The molecule has 0 fully saturated rings. The summed E-state index contributed by atoms with van der Waals surface area (Å²) in [4.78, 5) is 10.8. The Morgan fingerprint density at radius 3 is 2.29 bits per heavy atom. The molecule has 0 spiro atoms. The number of ether oxygens (including phenoxy) is 3. The van der Waals surface area contributed by atoms with Crippen LogP contribution < -0.4 is 5.32 Å². The summed E-state index contributed by atoms with van der Waals surface area (Å²) in [5, 5.41) is 2.98. The first-order chi connectivity index (χ1) is 8.31. The van der Waals surface area contributed by atoms with Crippen molar-refractivity contribution < 1.29 is 19.0 Å². The van der Waals surface area contributed by atoms with E-state index in [1.54, 1.807) is 0 Å². The summed E-state index contributed by atoms with van der Waals surface area (Å²) < 4.78 is 15.5. The highest BCUT2D eigenvalue weighted by Gasteiger charge is 1.95. The fourth-order valence-corrected chi connectivity index (χ4v) is 1.08. The summed E-state index contributed by atoms with van der Waals surface area (Å²) >= 11 is 3.05. The Bertz CT molecular complexity index is 230. The van der Waals surface area contributed by atoms with Gasteiger partial charge in [-0.05, 0) is 0 Å². The molecular weight excluding hydrogens is 290 g/mol. The van der Waals surface area contributed by atoms with E-state index < -0.39 is 0 Å². The lowest BCUT2D eigenvalue weighted by atomic mass is 10.6. The van der Waals surface area contributed by atoms with E-state index in [9.17, 15) is 4.79 Å². The van der Waals surface area contributed by atoms with Crippen LogP contribution in [0.3, 0.4) is 0 Å². The molecular formula is C11H18BrNO4. The predicted molar refractivity (Wildman–Crippen MR) is 68.1 cm³/mol. The monoisotopic (exact) mass is 307 g/mol. The van der Waals surface area contributed by atoms with Crippen LogP contribution in [-0.2, 0) is 19.0 Å². The van der Waals surface area contributed by atoms with Crippen molar-refractivity contribution in [2.24, 2.45) is 0 Å². The Morgan fingerprint density at radius 1 is 1.12 bits per heavy atom. The number of hydrogen-bond acceptors (Lipinski definition) is 4. The first kappa shape index (κ1) is 16.4. The molecule has 98 valence electrons. The quantitative estimate of drug-likeness (QED) is 0.336. The van der Waals surface area contributed by atoms with Gasteiger partial charge in [-0.2, -0.15) is 0 Å². The smallest absolute Gasteiger partial charge is 0.230 e. The normalized spacial score (nSPS) is 9.88. The Labute approximate surface area is 110 Å².